The molecule has 0 aromatic rings. The second-order valence-electron chi connectivity index (χ2n) is 15.2. The summed E-state index contributed by atoms with van der Waals surface area (Å²) < 4.78 is 35.3. The van der Waals surface area contributed by atoms with Crippen LogP contribution in [0.5, 0.6) is 0 Å². The molecule has 3 rings (SSSR count). The third kappa shape index (κ3) is 15.0. The molecule has 3 unspecified atom stereocenters. The average Bonchev–Trinajstić information content (AvgIpc) is 4.02. The van der Waals surface area contributed by atoms with Crippen LogP contribution in [-0.4, -0.2) is 131 Å². The number of hydrogen-bond donors (Lipinski definition) is 4. The van der Waals surface area contributed by atoms with Crippen LogP contribution in [0.15, 0.2) is 11.6 Å². The van der Waals surface area contributed by atoms with Crippen LogP contribution in [0.25, 0.3) is 0 Å². The van der Waals surface area contributed by atoms with Crippen LogP contribution < -0.4 is 21.3 Å². The molecule has 15 heteroatoms. The Morgan fingerprint density at radius 1 is 0.906 bits per heavy atom. The largest absolute Gasteiger partial charge is 0.460 e. The Balaban J connectivity index is 1.22. The van der Waals surface area contributed by atoms with Crippen molar-refractivity contribution in [3.8, 4) is 0 Å². The molecule has 1 aliphatic carbocycles. The number of rotatable bonds is 26. The second-order valence-corrected chi connectivity index (χ2v) is 15.2. The minimum Gasteiger partial charge on any atom is -0.460 e. The molecule has 2 saturated heterocycles. The molecule has 2 aliphatic heterocycles. The van der Waals surface area contributed by atoms with E-state index >= 15 is 0 Å². The van der Waals surface area contributed by atoms with Gasteiger partial charge in [0.2, 0.25) is 17.7 Å². The zero-order valence-corrected chi connectivity index (χ0v) is 32.8. The summed E-state index contributed by atoms with van der Waals surface area (Å²) in [5, 5.41) is 10.9. The number of ketones is 1. The van der Waals surface area contributed by atoms with E-state index in [4.69, 9.17) is 28.4 Å². The van der Waals surface area contributed by atoms with E-state index in [1.807, 2.05) is 13.8 Å². The van der Waals surface area contributed by atoms with E-state index in [9.17, 15) is 24.0 Å². The van der Waals surface area contributed by atoms with Crippen molar-refractivity contribution in [1.82, 2.24) is 21.3 Å². The van der Waals surface area contributed by atoms with Crippen LogP contribution in [0.3, 0.4) is 0 Å². The monoisotopic (exact) mass is 752 g/mol. The predicted octanol–water partition coefficient (Wildman–Crippen LogP) is 1.75. The number of carbonyl (C=O) groups is 5. The first-order chi connectivity index (χ1) is 25.2. The summed E-state index contributed by atoms with van der Waals surface area (Å²) >= 11 is 0. The smallest absolute Gasteiger partial charge is 0.306 e. The molecule has 1 saturated carbocycles. The molecule has 4 N–H and O–H groups in total. The lowest BCUT2D eigenvalue weighted by atomic mass is 9.68. The lowest BCUT2D eigenvalue weighted by Gasteiger charge is -2.42. The second kappa shape index (κ2) is 21.8. The molecule has 0 aromatic carbocycles. The van der Waals surface area contributed by atoms with Gasteiger partial charge in [-0.05, 0) is 65.7 Å². The SMILES string of the molecule is COC1C(OC(=O)CCCOCCOCCNC(=O)CCN[C@@H](CC(C)C)C(=O)NCC(=O)NCC(C)=O)CC[C@]2(CO2)C1[C@]1(C)O[C@@H]1CC=C(C)C. The summed E-state index contributed by atoms with van der Waals surface area (Å²) in [5.74, 6) is -1.23. The number of methoxy groups -OCH3 is 1. The molecule has 3 amide bonds. The molecule has 0 radical (unpaired) electrons. The van der Waals surface area contributed by atoms with E-state index in [0.717, 1.165) is 12.8 Å². The lowest BCUT2D eigenvalue weighted by Crippen LogP contribution is -2.55. The van der Waals surface area contributed by atoms with Crippen LogP contribution in [0, 0.1) is 11.8 Å². The fourth-order valence-electron chi connectivity index (χ4n) is 6.98. The number of esters is 1. The van der Waals surface area contributed by atoms with Gasteiger partial charge in [0.1, 0.15) is 29.2 Å². The molecule has 302 valence electrons. The molecule has 1 spiro atoms. The average molecular weight is 753 g/mol. The van der Waals surface area contributed by atoms with E-state index in [1.165, 1.54) is 12.5 Å². The maximum atomic E-state index is 12.8. The van der Waals surface area contributed by atoms with Crippen molar-refractivity contribution in [3.63, 3.8) is 0 Å². The van der Waals surface area contributed by atoms with Gasteiger partial charge in [-0.15, -0.1) is 0 Å². The van der Waals surface area contributed by atoms with E-state index in [1.54, 1.807) is 7.11 Å². The molecule has 2 heterocycles. The zero-order chi connectivity index (χ0) is 39.0. The lowest BCUT2D eigenvalue weighted by molar-refractivity contribution is -0.172. The number of nitrogens with one attached hydrogen (secondary N) is 4. The van der Waals surface area contributed by atoms with Gasteiger partial charge in [0.15, 0.2) is 0 Å². The molecule has 53 heavy (non-hydrogen) atoms. The topological polar surface area (TPSA) is 195 Å². The maximum Gasteiger partial charge on any atom is 0.306 e. The van der Waals surface area contributed by atoms with Crippen LogP contribution in [-0.2, 0) is 52.4 Å². The molecule has 3 fully saturated rings. The van der Waals surface area contributed by atoms with Crippen LogP contribution in [0.1, 0.15) is 86.5 Å². The molecular formula is C38H64N4O11. The third-order valence-corrected chi connectivity index (χ3v) is 9.85. The number of epoxide rings is 2. The number of allylic oxidation sites excluding steroid dienone is 1. The number of carbonyl (C=O) groups excluding carboxylic acids is 5. The van der Waals surface area contributed by atoms with Crippen LogP contribution >= 0.6 is 0 Å². The highest BCUT2D eigenvalue weighted by atomic mass is 16.6. The first kappa shape index (κ1) is 44.4. The minimum atomic E-state index is -0.562. The van der Waals surface area contributed by atoms with E-state index in [0.29, 0.717) is 58.8 Å². The fourth-order valence-corrected chi connectivity index (χ4v) is 6.98. The summed E-state index contributed by atoms with van der Waals surface area (Å²) in [6.07, 6.45) is 5.41. The Bertz CT molecular complexity index is 1250. The highest BCUT2D eigenvalue weighted by Gasteiger charge is 2.72. The number of amides is 3. The van der Waals surface area contributed by atoms with Gasteiger partial charge in [-0.3, -0.25) is 24.0 Å². The van der Waals surface area contributed by atoms with Gasteiger partial charge in [0, 0.05) is 39.6 Å². The normalized spacial score (nSPS) is 26.4. The molecular weight excluding hydrogens is 688 g/mol. The van der Waals surface area contributed by atoms with E-state index in [-0.39, 0.29) is 97.4 Å². The van der Waals surface area contributed by atoms with E-state index in [2.05, 4.69) is 48.1 Å². The fraction of sp³-hybridized carbons (Fsp3) is 0.816. The van der Waals surface area contributed by atoms with Crippen molar-refractivity contribution in [3.05, 3.63) is 11.6 Å². The van der Waals surface area contributed by atoms with Crippen molar-refractivity contribution >= 4 is 29.5 Å². The molecule has 15 nitrogen and oxygen atoms in total. The highest BCUT2D eigenvalue weighted by Crippen LogP contribution is 2.59. The molecule has 0 bridgehead atoms. The zero-order valence-electron chi connectivity index (χ0n) is 32.8. The Morgan fingerprint density at radius 2 is 1.62 bits per heavy atom. The highest BCUT2D eigenvalue weighted by molar-refractivity contribution is 5.89. The van der Waals surface area contributed by atoms with Crippen molar-refractivity contribution < 1.29 is 52.4 Å². The Hall–Kier alpha value is -2.95. The van der Waals surface area contributed by atoms with Crippen molar-refractivity contribution in [2.45, 2.75) is 122 Å². The summed E-state index contributed by atoms with van der Waals surface area (Å²) in [7, 11) is 1.67. The summed E-state index contributed by atoms with van der Waals surface area (Å²) in [4.78, 5) is 60.4. The van der Waals surface area contributed by atoms with Crippen molar-refractivity contribution in [2.75, 3.05) is 66.3 Å². The van der Waals surface area contributed by atoms with Gasteiger partial charge in [0.25, 0.3) is 0 Å². The van der Waals surface area contributed by atoms with Gasteiger partial charge >= 0.3 is 5.97 Å². The van der Waals surface area contributed by atoms with Gasteiger partial charge in [-0.2, -0.15) is 0 Å². The first-order valence-electron chi connectivity index (χ1n) is 19.1. The van der Waals surface area contributed by atoms with Crippen molar-refractivity contribution in [2.24, 2.45) is 11.8 Å². The van der Waals surface area contributed by atoms with Gasteiger partial charge in [0.05, 0.1) is 57.6 Å². The summed E-state index contributed by atoms with van der Waals surface area (Å²) in [5.41, 5.74) is 0.609. The maximum absolute atomic E-state index is 12.8. The van der Waals surface area contributed by atoms with Gasteiger partial charge in [-0.1, -0.05) is 25.5 Å². The predicted molar refractivity (Wildman–Crippen MR) is 196 cm³/mol. The first-order valence-corrected chi connectivity index (χ1v) is 19.1. The van der Waals surface area contributed by atoms with Crippen molar-refractivity contribution in [1.29, 1.82) is 0 Å². The van der Waals surface area contributed by atoms with E-state index < -0.39 is 11.9 Å². The Labute approximate surface area is 314 Å². The van der Waals surface area contributed by atoms with Gasteiger partial charge in [-0.25, -0.2) is 0 Å². The van der Waals surface area contributed by atoms with Crippen LogP contribution in [0.2, 0.25) is 0 Å². The van der Waals surface area contributed by atoms with Gasteiger partial charge < -0.3 is 49.7 Å². The summed E-state index contributed by atoms with van der Waals surface area (Å²) in [6.45, 7) is 14.0. The Morgan fingerprint density at radius 3 is 2.26 bits per heavy atom. The molecule has 0 aromatic heterocycles. The molecule has 3 aliphatic rings. The number of ether oxygens (including phenoxy) is 6. The van der Waals surface area contributed by atoms with Crippen LogP contribution in [0.4, 0.5) is 0 Å². The quantitative estimate of drug-likeness (QED) is 0.0434. The Kier molecular flexibility index (Phi) is 18.3. The number of hydrogen-bond acceptors (Lipinski definition) is 12. The molecule has 7 atom stereocenters. The number of Topliss-reactive ketones (excluding diaryl/α,β-unsaturated/α-hetero) is 1. The standard InChI is InChI=1S/C38H64N4O11/c1-25(2)10-11-30-37(6,53-30)35-34(48-7)29(12-14-38(35)24-51-38)52-33(46)9-8-17-49-19-20-50-18-16-40-31(44)13-15-39-28(21-26(3)4)36(47)42-23-32(45)41-22-27(5)43/h10,26,28-30,34-35,39H,8-9,11-24H2,1-7H3,(H,40,44)(H,41,45)(H,42,47)/t28-,29?,30+,34?,35?,37+,38-/m0/s1. The summed E-state index contributed by atoms with van der Waals surface area (Å²) in [6, 6.07) is -0.562. The minimum absolute atomic E-state index is 0.0162. The third-order valence-electron chi connectivity index (χ3n) is 9.85.